The number of rotatable bonds is 5. The van der Waals surface area contributed by atoms with E-state index in [0.29, 0.717) is 14.5 Å². The second-order valence-electron chi connectivity index (χ2n) is 4.79. The van der Waals surface area contributed by atoms with Gasteiger partial charge in [-0.05, 0) is 34.7 Å². The minimum Gasteiger partial charge on any atom is -0.504 e. The first-order valence-electron chi connectivity index (χ1n) is 7.04. The van der Waals surface area contributed by atoms with Crippen molar-refractivity contribution < 1.29 is 9.84 Å². The number of phenolic OH excluding ortho intramolecular Hbond substituents is 1. The number of nitrogens with one attached hydrogen (secondary N) is 1. The molecule has 1 aromatic heterocycles. The van der Waals surface area contributed by atoms with E-state index in [2.05, 4.69) is 38.1 Å². The van der Waals surface area contributed by atoms with E-state index < -0.39 is 0 Å². The summed E-state index contributed by atoms with van der Waals surface area (Å²) < 4.78 is 5.76. The van der Waals surface area contributed by atoms with Gasteiger partial charge in [0.25, 0.3) is 0 Å². The molecule has 0 saturated heterocycles. The Hall–Kier alpha value is -2.13. The fourth-order valence-electron chi connectivity index (χ4n) is 2.05. The number of ether oxygens (including phenoxy) is 1. The molecule has 1 heterocycles. The number of nitrogens with zero attached hydrogens (tertiary/aromatic N) is 2. The van der Waals surface area contributed by atoms with Gasteiger partial charge in [-0.1, -0.05) is 30.3 Å². The van der Waals surface area contributed by atoms with Crippen molar-refractivity contribution in [1.82, 2.24) is 4.98 Å². The number of aromatic nitrogens is 1. The number of thiazole rings is 1. The second kappa shape index (κ2) is 7.63. The van der Waals surface area contributed by atoms with Crippen LogP contribution in [0.4, 0.5) is 5.13 Å². The summed E-state index contributed by atoms with van der Waals surface area (Å²) in [5.74, 6) is 0.555. The normalized spacial score (nSPS) is 10.9. The summed E-state index contributed by atoms with van der Waals surface area (Å²) in [6.45, 7) is 0. The van der Waals surface area contributed by atoms with Crippen LogP contribution in [-0.2, 0) is 0 Å². The van der Waals surface area contributed by atoms with Crippen molar-refractivity contribution in [2.75, 3.05) is 12.5 Å². The van der Waals surface area contributed by atoms with Gasteiger partial charge in [-0.2, -0.15) is 5.10 Å². The molecule has 24 heavy (non-hydrogen) atoms. The summed E-state index contributed by atoms with van der Waals surface area (Å²) in [4.78, 5) is 4.50. The SMILES string of the molecule is COc1ccc(C=NNc2nc(-c3ccccc3)cs2)c(I)c1O. The summed E-state index contributed by atoms with van der Waals surface area (Å²) in [6, 6.07) is 13.5. The zero-order chi connectivity index (χ0) is 16.9. The lowest BCUT2D eigenvalue weighted by Crippen LogP contribution is -1.94. The van der Waals surface area contributed by atoms with Crippen LogP contribution in [0.15, 0.2) is 52.9 Å². The average Bonchev–Trinajstić information content (AvgIpc) is 3.08. The molecule has 0 aliphatic heterocycles. The highest BCUT2D eigenvalue weighted by molar-refractivity contribution is 14.1. The molecule has 0 spiro atoms. The second-order valence-corrected chi connectivity index (χ2v) is 6.73. The highest BCUT2D eigenvalue weighted by atomic mass is 127. The molecular formula is C17H14IN3O2S. The van der Waals surface area contributed by atoms with Crippen LogP contribution in [0.1, 0.15) is 5.56 Å². The Balaban J connectivity index is 1.71. The van der Waals surface area contributed by atoms with Gasteiger partial charge in [0.2, 0.25) is 5.13 Å². The summed E-state index contributed by atoms with van der Waals surface area (Å²) in [7, 11) is 1.52. The largest absolute Gasteiger partial charge is 0.504 e. The molecule has 0 unspecified atom stereocenters. The number of phenols is 1. The molecule has 0 aliphatic carbocycles. The van der Waals surface area contributed by atoms with Crippen molar-refractivity contribution in [2.24, 2.45) is 5.10 Å². The topological polar surface area (TPSA) is 66.7 Å². The van der Waals surface area contributed by atoms with E-state index in [4.69, 9.17) is 4.74 Å². The van der Waals surface area contributed by atoms with Gasteiger partial charge < -0.3 is 9.84 Å². The molecule has 3 rings (SSSR count). The van der Waals surface area contributed by atoms with Crippen molar-refractivity contribution in [3.05, 3.63) is 57.0 Å². The Labute approximate surface area is 157 Å². The molecule has 5 nitrogen and oxygen atoms in total. The van der Waals surface area contributed by atoms with Crippen LogP contribution in [0.3, 0.4) is 0 Å². The van der Waals surface area contributed by atoms with Crippen LogP contribution >= 0.6 is 33.9 Å². The molecule has 2 N–H and O–H groups in total. The third kappa shape index (κ3) is 3.68. The predicted octanol–water partition coefficient (Wildman–Crippen LogP) is 4.57. The summed E-state index contributed by atoms with van der Waals surface area (Å²) >= 11 is 3.54. The van der Waals surface area contributed by atoms with Gasteiger partial charge in [-0.25, -0.2) is 4.98 Å². The predicted molar refractivity (Wildman–Crippen MR) is 106 cm³/mol. The molecule has 7 heteroatoms. The van der Waals surface area contributed by atoms with Gasteiger partial charge in [0, 0.05) is 16.5 Å². The number of hydrazone groups is 1. The van der Waals surface area contributed by atoms with E-state index in [1.54, 1.807) is 12.3 Å². The van der Waals surface area contributed by atoms with E-state index in [9.17, 15) is 5.11 Å². The van der Waals surface area contributed by atoms with Crippen LogP contribution in [0.2, 0.25) is 0 Å². The molecule has 0 radical (unpaired) electrons. The highest BCUT2D eigenvalue weighted by Crippen LogP contribution is 2.32. The lowest BCUT2D eigenvalue weighted by molar-refractivity contribution is 0.371. The fourth-order valence-corrected chi connectivity index (χ4v) is 3.30. The van der Waals surface area contributed by atoms with Crippen LogP contribution in [0, 0.1) is 3.57 Å². The number of halogens is 1. The number of hydrogen-bond donors (Lipinski definition) is 2. The molecule has 0 fully saturated rings. The Morgan fingerprint density at radius 2 is 2.04 bits per heavy atom. The Morgan fingerprint density at radius 1 is 1.25 bits per heavy atom. The van der Waals surface area contributed by atoms with Crippen molar-refractivity contribution in [1.29, 1.82) is 0 Å². The molecular weight excluding hydrogens is 437 g/mol. The highest BCUT2D eigenvalue weighted by Gasteiger charge is 2.09. The molecule has 0 bridgehead atoms. The molecule has 0 saturated carbocycles. The number of benzene rings is 2. The summed E-state index contributed by atoms with van der Waals surface area (Å²) in [5, 5.41) is 16.9. The van der Waals surface area contributed by atoms with Crippen molar-refractivity contribution >= 4 is 45.3 Å². The Morgan fingerprint density at radius 3 is 2.79 bits per heavy atom. The number of anilines is 1. The zero-order valence-electron chi connectivity index (χ0n) is 12.7. The average molecular weight is 451 g/mol. The first-order chi connectivity index (χ1) is 11.7. The fraction of sp³-hybridized carbons (Fsp3) is 0.0588. The molecule has 0 amide bonds. The quantitative estimate of drug-likeness (QED) is 0.339. The van der Waals surface area contributed by atoms with Gasteiger partial charge >= 0.3 is 0 Å². The molecule has 0 aliphatic rings. The van der Waals surface area contributed by atoms with Gasteiger partial charge in [0.05, 0.1) is 22.6 Å². The standard InChI is InChI=1S/C17H14IN3O2S/c1-23-14-8-7-12(15(18)16(14)22)9-19-21-17-20-13(10-24-17)11-5-3-2-4-6-11/h2-10,22H,1H3,(H,20,21). The smallest absolute Gasteiger partial charge is 0.203 e. The molecule has 122 valence electrons. The van der Waals surface area contributed by atoms with E-state index in [0.717, 1.165) is 16.8 Å². The Kier molecular flexibility index (Phi) is 5.31. The van der Waals surface area contributed by atoms with Gasteiger partial charge in [0.1, 0.15) is 0 Å². The number of hydrogen-bond acceptors (Lipinski definition) is 6. The van der Waals surface area contributed by atoms with E-state index in [1.807, 2.05) is 41.8 Å². The molecule has 0 atom stereocenters. The maximum absolute atomic E-state index is 10.00. The molecule has 2 aromatic carbocycles. The first-order valence-corrected chi connectivity index (χ1v) is 9.00. The van der Waals surface area contributed by atoms with Crippen molar-refractivity contribution in [2.45, 2.75) is 0 Å². The minimum atomic E-state index is 0.114. The van der Waals surface area contributed by atoms with Gasteiger partial charge in [-0.3, -0.25) is 5.43 Å². The maximum Gasteiger partial charge on any atom is 0.203 e. The van der Waals surface area contributed by atoms with Gasteiger partial charge in [0.15, 0.2) is 11.5 Å². The lowest BCUT2D eigenvalue weighted by atomic mass is 10.2. The van der Waals surface area contributed by atoms with Crippen LogP contribution in [0.25, 0.3) is 11.3 Å². The van der Waals surface area contributed by atoms with Crippen LogP contribution in [-0.4, -0.2) is 23.4 Å². The molecule has 3 aromatic rings. The number of aromatic hydroxyl groups is 1. The van der Waals surface area contributed by atoms with Gasteiger partial charge in [-0.15, -0.1) is 11.3 Å². The lowest BCUT2D eigenvalue weighted by Gasteiger charge is -2.06. The van der Waals surface area contributed by atoms with E-state index >= 15 is 0 Å². The van der Waals surface area contributed by atoms with Crippen LogP contribution < -0.4 is 10.2 Å². The van der Waals surface area contributed by atoms with E-state index in [1.165, 1.54) is 18.4 Å². The first kappa shape index (κ1) is 16.7. The zero-order valence-corrected chi connectivity index (χ0v) is 15.7. The summed E-state index contributed by atoms with van der Waals surface area (Å²) in [6.07, 6.45) is 1.64. The Bertz CT molecular complexity index is 866. The maximum atomic E-state index is 10.00. The number of methoxy groups -OCH3 is 1. The third-order valence-electron chi connectivity index (χ3n) is 3.27. The third-order valence-corrected chi connectivity index (χ3v) is 5.15. The van der Waals surface area contributed by atoms with Crippen molar-refractivity contribution in [3.63, 3.8) is 0 Å². The summed E-state index contributed by atoms with van der Waals surface area (Å²) in [5.41, 5.74) is 5.69. The minimum absolute atomic E-state index is 0.114. The monoisotopic (exact) mass is 451 g/mol. The van der Waals surface area contributed by atoms with Crippen molar-refractivity contribution in [3.8, 4) is 22.8 Å². The van der Waals surface area contributed by atoms with Crippen LogP contribution in [0.5, 0.6) is 11.5 Å². The van der Waals surface area contributed by atoms with E-state index in [-0.39, 0.29) is 5.75 Å².